The van der Waals surface area contributed by atoms with E-state index in [1.165, 1.54) is 56.9 Å². The number of hydrogen-bond donors (Lipinski definition) is 0. The van der Waals surface area contributed by atoms with Crippen LogP contribution in [0.5, 0.6) is 0 Å². The van der Waals surface area contributed by atoms with Gasteiger partial charge >= 0.3 is 29.6 Å². The van der Waals surface area contributed by atoms with E-state index < -0.39 is 0 Å². The van der Waals surface area contributed by atoms with Crippen molar-refractivity contribution in [1.29, 1.82) is 0 Å². The van der Waals surface area contributed by atoms with Crippen LogP contribution in [-0.4, -0.2) is 0 Å². The third-order valence-electron chi connectivity index (χ3n) is 2.91. The minimum Gasteiger partial charge on any atom is -1.00 e. The maximum absolute atomic E-state index is 2.27. The number of aryl methyl sites for hydroxylation is 1. The van der Waals surface area contributed by atoms with Crippen molar-refractivity contribution < 1.29 is 31.0 Å². The molecule has 0 atom stereocenters. The molecule has 0 heterocycles. The number of rotatable bonds is 8. The van der Waals surface area contributed by atoms with E-state index in [-0.39, 0.29) is 31.0 Å². The molecule has 1 aromatic rings. The first-order valence-electron chi connectivity index (χ1n) is 6.47. The minimum atomic E-state index is 0. The van der Waals surface area contributed by atoms with E-state index in [0.717, 1.165) is 0 Å². The summed E-state index contributed by atoms with van der Waals surface area (Å²) in [6.45, 7) is 2.27. The predicted molar refractivity (Wildman–Crippen MR) is 69.3 cm³/mol. The Morgan fingerprint density at radius 2 is 1.38 bits per heavy atom. The standard InChI is InChI=1S/C15H24.Na.H/c1-2-3-4-5-6-7-9-12-15-13-10-8-11-14-15;;/h8,10-11,13-14H,2-7,9,12H2,1H3;;/q;+1;-1. The zero-order valence-corrected chi connectivity index (χ0v) is 13.0. The molecule has 0 spiro atoms. The van der Waals surface area contributed by atoms with Gasteiger partial charge in [0.15, 0.2) is 0 Å². The molecule has 1 rings (SSSR count). The summed E-state index contributed by atoms with van der Waals surface area (Å²) in [5, 5.41) is 0. The summed E-state index contributed by atoms with van der Waals surface area (Å²) in [7, 11) is 0. The third-order valence-corrected chi connectivity index (χ3v) is 2.91. The Kier molecular flexibility index (Phi) is 11.9. The Balaban J connectivity index is 0. The van der Waals surface area contributed by atoms with E-state index in [1.807, 2.05) is 0 Å². The molecule has 0 saturated heterocycles. The maximum atomic E-state index is 2.27. The van der Waals surface area contributed by atoms with Crippen LogP contribution >= 0.6 is 0 Å². The van der Waals surface area contributed by atoms with Crippen LogP contribution in [0.15, 0.2) is 30.3 Å². The first-order valence-corrected chi connectivity index (χ1v) is 6.47. The zero-order chi connectivity index (χ0) is 10.8. The van der Waals surface area contributed by atoms with Gasteiger partial charge in [0, 0.05) is 0 Å². The molecule has 0 bridgehead atoms. The van der Waals surface area contributed by atoms with E-state index >= 15 is 0 Å². The van der Waals surface area contributed by atoms with Gasteiger partial charge in [0.05, 0.1) is 0 Å². The first-order chi connectivity index (χ1) is 7.43. The molecule has 1 heteroatoms. The Labute approximate surface area is 125 Å². The van der Waals surface area contributed by atoms with Crippen molar-refractivity contribution in [3.05, 3.63) is 35.9 Å². The van der Waals surface area contributed by atoms with E-state index in [9.17, 15) is 0 Å². The molecule has 0 aromatic heterocycles. The first kappa shape index (κ1) is 16.2. The number of unbranched alkanes of at least 4 members (excludes halogenated alkanes) is 6. The van der Waals surface area contributed by atoms with Crippen molar-refractivity contribution in [3.63, 3.8) is 0 Å². The van der Waals surface area contributed by atoms with Crippen molar-refractivity contribution in [2.75, 3.05) is 0 Å². The van der Waals surface area contributed by atoms with Crippen LogP contribution in [0.4, 0.5) is 0 Å². The Morgan fingerprint density at radius 3 is 2.00 bits per heavy atom. The fourth-order valence-electron chi connectivity index (χ4n) is 1.93. The molecular formula is C15H25Na. The van der Waals surface area contributed by atoms with Crippen molar-refractivity contribution in [3.8, 4) is 0 Å². The van der Waals surface area contributed by atoms with Crippen LogP contribution in [0.25, 0.3) is 0 Å². The van der Waals surface area contributed by atoms with Gasteiger partial charge < -0.3 is 1.43 Å². The van der Waals surface area contributed by atoms with Gasteiger partial charge in [-0.25, -0.2) is 0 Å². The van der Waals surface area contributed by atoms with Gasteiger partial charge in [-0.15, -0.1) is 0 Å². The van der Waals surface area contributed by atoms with Gasteiger partial charge in [-0.1, -0.05) is 75.8 Å². The summed E-state index contributed by atoms with van der Waals surface area (Å²) in [6.07, 6.45) is 11.1. The summed E-state index contributed by atoms with van der Waals surface area (Å²) in [6, 6.07) is 10.8. The average Bonchev–Trinajstić information content (AvgIpc) is 2.29. The summed E-state index contributed by atoms with van der Waals surface area (Å²) in [5.74, 6) is 0. The van der Waals surface area contributed by atoms with Crippen LogP contribution in [-0.2, 0) is 6.42 Å². The van der Waals surface area contributed by atoms with Crippen molar-refractivity contribution in [2.45, 2.75) is 58.3 Å². The molecule has 0 amide bonds. The van der Waals surface area contributed by atoms with Crippen LogP contribution < -0.4 is 29.6 Å². The molecule has 86 valence electrons. The Bertz CT molecular complexity index is 236. The van der Waals surface area contributed by atoms with Crippen LogP contribution in [0.2, 0.25) is 0 Å². The molecule has 0 unspecified atom stereocenters. The quantitative estimate of drug-likeness (QED) is 0.472. The van der Waals surface area contributed by atoms with E-state index in [4.69, 9.17) is 0 Å². The SMILES string of the molecule is CCCCCCCCCc1ccccc1.[H-].[Na+]. The molecule has 0 aliphatic carbocycles. The molecule has 0 nitrogen and oxygen atoms in total. The number of benzene rings is 1. The van der Waals surface area contributed by atoms with E-state index in [0.29, 0.717) is 0 Å². The normalized spacial score (nSPS) is 9.81. The van der Waals surface area contributed by atoms with Crippen LogP contribution in [0.1, 0.15) is 58.9 Å². The molecule has 16 heavy (non-hydrogen) atoms. The Hall–Kier alpha value is 0.220. The smallest absolute Gasteiger partial charge is 1.00 e. The summed E-state index contributed by atoms with van der Waals surface area (Å²) in [5.41, 5.74) is 1.49. The fraction of sp³-hybridized carbons (Fsp3) is 0.600. The minimum absolute atomic E-state index is 0. The van der Waals surface area contributed by atoms with Crippen LogP contribution in [0.3, 0.4) is 0 Å². The molecule has 0 fully saturated rings. The van der Waals surface area contributed by atoms with Gasteiger partial charge in [-0.2, -0.15) is 0 Å². The van der Waals surface area contributed by atoms with Crippen molar-refractivity contribution >= 4 is 0 Å². The molecule has 0 radical (unpaired) electrons. The molecule has 0 aliphatic heterocycles. The van der Waals surface area contributed by atoms with E-state index in [1.54, 1.807) is 0 Å². The van der Waals surface area contributed by atoms with Gasteiger partial charge in [0.1, 0.15) is 0 Å². The maximum Gasteiger partial charge on any atom is 1.00 e. The molecule has 1 aromatic carbocycles. The second kappa shape index (κ2) is 11.7. The summed E-state index contributed by atoms with van der Waals surface area (Å²) < 4.78 is 0. The van der Waals surface area contributed by atoms with Gasteiger partial charge in [0.2, 0.25) is 0 Å². The van der Waals surface area contributed by atoms with Crippen molar-refractivity contribution in [1.82, 2.24) is 0 Å². The van der Waals surface area contributed by atoms with Crippen molar-refractivity contribution in [2.24, 2.45) is 0 Å². The average molecular weight is 228 g/mol. The topological polar surface area (TPSA) is 0 Å². The fourth-order valence-corrected chi connectivity index (χ4v) is 1.93. The van der Waals surface area contributed by atoms with Gasteiger partial charge in [-0.3, -0.25) is 0 Å². The summed E-state index contributed by atoms with van der Waals surface area (Å²) >= 11 is 0. The Morgan fingerprint density at radius 1 is 0.812 bits per heavy atom. The monoisotopic (exact) mass is 228 g/mol. The van der Waals surface area contributed by atoms with Crippen LogP contribution in [0, 0.1) is 0 Å². The summed E-state index contributed by atoms with van der Waals surface area (Å²) in [4.78, 5) is 0. The molecule has 0 aliphatic rings. The third kappa shape index (κ3) is 8.38. The van der Waals surface area contributed by atoms with E-state index in [2.05, 4.69) is 37.3 Å². The zero-order valence-electron chi connectivity index (χ0n) is 12.0. The second-order valence-electron chi connectivity index (χ2n) is 4.36. The largest absolute Gasteiger partial charge is 1.00 e. The van der Waals surface area contributed by atoms with Gasteiger partial charge in [-0.05, 0) is 18.4 Å². The second-order valence-corrected chi connectivity index (χ2v) is 4.36. The molecule has 0 saturated carbocycles. The number of hydrogen-bond acceptors (Lipinski definition) is 0. The molecular weight excluding hydrogens is 203 g/mol. The molecule has 0 N–H and O–H groups in total. The van der Waals surface area contributed by atoms with Gasteiger partial charge in [0.25, 0.3) is 0 Å². The predicted octanol–water partition coefficient (Wildman–Crippen LogP) is 2.10.